The number of aryl methyl sites for hydroxylation is 1. The molecule has 0 spiro atoms. The normalized spacial score (nSPS) is 13.7. The SMILES string of the molecule is Cc1ccccc1NC(=O)c1cccc2c1CNCC2. The summed E-state index contributed by atoms with van der Waals surface area (Å²) < 4.78 is 0. The van der Waals surface area contributed by atoms with Crippen LogP contribution in [0, 0.1) is 6.92 Å². The number of carbonyl (C=O) groups is 1. The molecule has 102 valence electrons. The predicted octanol–water partition coefficient (Wildman–Crippen LogP) is 2.89. The summed E-state index contributed by atoms with van der Waals surface area (Å²) in [4.78, 5) is 12.5. The van der Waals surface area contributed by atoms with Crippen LogP contribution in [0.25, 0.3) is 0 Å². The number of benzene rings is 2. The number of carbonyl (C=O) groups excluding carboxylic acids is 1. The number of hydrogen-bond acceptors (Lipinski definition) is 2. The maximum absolute atomic E-state index is 12.5. The van der Waals surface area contributed by atoms with Gasteiger partial charge in [0.15, 0.2) is 0 Å². The Labute approximate surface area is 119 Å². The summed E-state index contributed by atoms with van der Waals surface area (Å²) in [6, 6.07) is 13.8. The van der Waals surface area contributed by atoms with Crippen molar-refractivity contribution < 1.29 is 4.79 Å². The first kappa shape index (κ1) is 12.9. The quantitative estimate of drug-likeness (QED) is 0.877. The Bertz CT molecular complexity index is 649. The van der Waals surface area contributed by atoms with Crippen molar-refractivity contribution in [3.05, 3.63) is 64.7 Å². The molecule has 1 aliphatic rings. The van der Waals surface area contributed by atoms with Gasteiger partial charge in [0.05, 0.1) is 0 Å². The molecule has 20 heavy (non-hydrogen) atoms. The third-order valence-corrected chi connectivity index (χ3v) is 3.78. The maximum Gasteiger partial charge on any atom is 0.256 e. The summed E-state index contributed by atoms with van der Waals surface area (Å²) in [7, 11) is 0. The molecular weight excluding hydrogens is 248 g/mol. The van der Waals surface area contributed by atoms with Crippen LogP contribution in [0.5, 0.6) is 0 Å². The second kappa shape index (κ2) is 5.47. The number of nitrogens with one attached hydrogen (secondary N) is 2. The Hall–Kier alpha value is -2.13. The highest BCUT2D eigenvalue weighted by molar-refractivity contribution is 6.05. The second-order valence-corrected chi connectivity index (χ2v) is 5.14. The largest absolute Gasteiger partial charge is 0.322 e. The fourth-order valence-corrected chi connectivity index (χ4v) is 2.63. The van der Waals surface area contributed by atoms with Gasteiger partial charge in [0.25, 0.3) is 5.91 Å². The highest BCUT2D eigenvalue weighted by Crippen LogP contribution is 2.21. The van der Waals surface area contributed by atoms with Crippen molar-refractivity contribution in [3.8, 4) is 0 Å². The molecule has 0 aliphatic carbocycles. The molecular formula is C17H18N2O. The molecule has 0 unspecified atom stereocenters. The minimum absolute atomic E-state index is 0.0279. The molecule has 0 aromatic heterocycles. The summed E-state index contributed by atoms with van der Waals surface area (Å²) in [6.45, 7) is 3.75. The van der Waals surface area contributed by atoms with Gasteiger partial charge in [0, 0.05) is 17.8 Å². The molecule has 3 rings (SSSR count). The van der Waals surface area contributed by atoms with Gasteiger partial charge in [0.2, 0.25) is 0 Å². The van der Waals surface area contributed by atoms with Gasteiger partial charge >= 0.3 is 0 Å². The van der Waals surface area contributed by atoms with Gasteiger partial charge in [0.1, 0.15) is 0 Å². The summed E-state index contributed by atoms with van der Waals surface area (Å²) in [5.41, 5.74) is 5.13. The molecule has 2 N–H and O–H groups in total. The minimum Gasteiger partial charge on any atom is -0.322 e. The van der Waals surface area contributed by atoms with Gasteiger partial charge in [-0.25, -0.2) is 0 Å². The minimum atomic E-state index is -0.0279. The monoisotopic (exact) mass is 266 g/mol. The van der Waals surface area contributed by atoms with Crippen molar-refractivity contribution >= 4 is 11.6 Å². The fourth-order valence-electron chi connectivity index (χ4n) is 2.63. The Balaban J connectivity index is 1.90. The van der Waals surface area contributed by atoms with Crippen LogP contribution in [-0.2, 0) is 13.0 Å². The Morgan fingerprint density at radius 3 is 2.85 bits per heavy atom. The third-order valence-electron chi connectivity index (χ3n) is 3.78. The first-order valence-corrected chi connectivity index (χ1v) is 6.94. The molecule has 3 nitrogen and oxygen atoms in total. The lowest BCUT2D eigenvalue weighted by molar-refractivity contribution is 0.102. The van der Waals surface area contributed by atoms with Crippen molar-refractivity contribution in [1.82, 2.24) is 5.32 Å². The van der Waals surface area contributed by atoms with E-state index in [0.29, 0.717) is 0 Å². The van der Waals surface area contributed by atoms with Crippen LogP contribution >= 0.6 is 0 Å². The number of rotatable bonds is 2. The average Bonchev–Trinajstić information content (AvgIpc) is 2.49. The van der Waals surface area contributed by atoms with Crippen molar-refractivity contribution in [2.45, 2.75) is 19.9 Å². The molecule has 1 aliphatic heterocycles. The molecule has 0 bridgehead atoms. The van der Waals surface area contributed by atoms with Crippen LogP contribution in [0.15, 0.2) is 42.5 Å². The molecule has 0 saturated heterocycles. The van der Waals surface area contributed by atoms with Crippen molar-refractivity contribution in [1.29, 1.82) is 0 Å². The van der Waals surface area contributed by atoms with Crippen LogP contribution in [-0.4, -0.2) is 12.5 Å². The fraction of sp³-hybridized carbons (Fsp3) is 0.235. The highest BCUT2D eigenvalue weighted by Gasteiger charge is 2.17. The lowest BCUT2D eigenvalue weighted by Gasteiger charge is -2.20. The molecule has 0 fully saturated rings. The summed E-state index contributed by atoms with van der Waals surface area (Å²) in [6.07, 6.45) is 0.987. The number of anilines is 1. The topological polar surface area (TPSA) is 41.1 Å². The van der Waals surface area contributed by atoms with Crippen LogP contribution < -0.4 is 10.6 Å². The molecule has 0 saturated carbocycles. The van der Waals surface area contributed by atoms with E-state index in [2.05, 4.69) is 16.7 Å². The average molecular weight is 266 g/mol. The van der Waals surface area contributed by atoms with Gasteiger partial charge in [-0.1, -0.05) is 30.3 Å². The summed E-state index contributed by atoms with van der Waals surface area (Å²) >= 11 is 0. The standard InChI is InChI=1S/C17H18N2O/c1-12-5-2-3-8-16(12)19-17(20)14-7-4-6-13-9-10-18-11-15(13)14/h2-8,18H,9-11H2,1H3,(H,19,20). The van der Waals surface area contributed by atoms with Crippen LogP contribution in [0.2, 0.25) is 0 Å². The van der Waals surface area contributed by atoms with E-state index >= 15 is 0 Å². The van der Waals surface area contributed by atoms with Gasteiger partial charge < -0.3 is 10.6 Å². The molecule has 3 heteroatoms. The van der Waals surface area contributed by atoms with Crippen molar-refractivity contribution in [3.63, 3.8) is 0 Å². The maximum atomic E-state index is 12.5. The number of hydrogen-bond donors (Lipinski definition) is 2. The third kappa shape index (κ3) is 2.45. The van der Waals surface area contributed by atoms with Gasteiger partial charge in [-0.3, -0.25) is 4.79 Å². The Morgan fingerprint density at radius 1 is 1.15 bits per heavy atom. The van der Waals surface area contributed by atoms with Crippen LogP contribution in [0.4, 0.5) is 5.69 Å². The van der Waals surface area contributed by atoms with E-state index in [-0.39, 0.29) is 5.91 Å². The Kier molecular flexibility index (Phi) is 3.52. The summed E-state index contributed by atoms with van der Waals surface area (Å²) in [5.74, 6) is -0.0279. The second-order valence-electron chi connectivity index (χ2n) is 5.14. The molecule has 1 amide bonds. The Morgan fingerprint density at radius 2 is 2.00 bits per heavy atom. The molecule has 2 aromatic carbocycles. The van der Waals surface area contributed by atoms with E-state index in [4.69, 9.17) is 0 Å². The lowest BCUT2D eigenvalue weighted by atomic mass is 9.95. The predicted molar refractivity (Wildman–Crippen MR) is 81.0 cm³/mol. The van der Waals surface area contributed by atoms with Gasteiger partial charge in [-0.15, -0.1) is 0 Å². The van der Waals surface area contributed by atoms with E-state index in [1.165, 1.54) is 5.56 Å². The smallest absolute Gasteiger partial charge is 0.256 e. The van der Waals surface area contributed by atoms with Crippen molar-refractivity contribution in [2.24, 2.45) is 0 Å². The molecule has 0 atom stereocenters. The van der Waals surface area contributed by atoms with Crippen molar-refractivity contribution in [2.75, 3.05) is 11.9 Å². The van der Waals surface area contributed by atoms with Crippen LogP contribution in [0.1, 0.15) is 27.0 Å². The van der Waals surface area contributed by atoms with E-state index in [1.807, 2.05) is 43.3 Å². The van der Waals surface area contributed by atoms with Gasteiger partial charge in [-0.05, 0) is 48.7 Å². The zero-order chi connectivity index (χ0) is 13.9. The van der Waals surface area contributed by atoms with Gasteiger partial charge in [-0.2, -0.15) is 0 Å². The van der Waals surface area contributed by atoms with Crippen LogP contribution in [0.3, 0.4) is 0 Å². The van der Waals surface area contributed by atoms with E-state index in [0.717, 1.165) is 41.9 Å². The highest BCUT2D eigenvalue weighted by atomic mass is 16.1. The summed E-state index contributed by atoms with van der Waals surface area (Å²) in [5, 5.41) is 6.34. The molecule has 2 aromatic rings. The first-order valence-electron chi connectivity index (χ1n) is 6.94. The molecule has 1 heterocycles. The number of amides is 1. The zero-order valence-corrected chi connectivity index (χ0v) is 11.6. The number of para-hydroxylation sites is 1. The zero-order valence-electron chi connectivity index (χ0n) is 11.6. The number of fused-ring (bicyclic) bond motifs is 1. The van der Waals surface area contributed by atoms with E-state index in [9.17, 15) is 4.79 Å². The molecule has 0 radical (unpaired) electrons. The first-order chi connectivity index (χ1) is 9.75. The van der Waals surface area contributed by atoms with E-state index in [1.54, 1.807) is 0 Å². The van der Waals surface area contributed by atoms with E-state index < -0.39 is 0 Å². The lowest BCUT2D eigenvalue weighted by Crippen LogP contribution is -2.27.